The van der Waals surface area contributed by atoms with Crippen LogP contribution in [0, 0.1) is 0 Å². The Labute approximate surface area is 146 Å². The molecule has 0 bridgehead atoms. The zero-order valence-electron chi connectivity index (χ0n) is 13.8. The van der Waals surface area contributed by atoms with E-state index in [1.54, 1.807) is 24.3 Å². The number of carbonyl (C=O) groups is 1. The van der Waals surface area contributed by atoms with Gasteiger partial charge in [0.05, 0.1) is 16.7 Å². The molecular formula is C17H18N2O5S. The van der Waals surface area contributed by atoms with Gasteiger partial charge < -0.3 is 14.8 Å². The van der Waals surface area contributed by atoms with E-state index in [1.165, 1.54) is 18.2 Å². The summed E-state index contributed by atoms with van der Waals surface area (Å²) in [5.41, 5.74) is 0.744. The molecule has 0 aliphatic carbocycles. The predicted octanol–water partition coefficient (Wildman–Crippen LogP) is 2.61. The van der Waals surface area contributed by atoms with Crippen molar-refractivity contribution >= 4 is 27.3 Å². The molecule has 25 heavy (non-hydrogen) atoms. The van der Waals surface area contributed by atoms with Crippen LogP contribution in [0.3, 0.4) is 0 Å². The summed E-state index contributed by atoms with van der Waals surface area (Å²) in [6, 6.07) is 10.9. The minimum absolute atomic E-state index is 0.0274. The smallest absolute Gasteiger partial charge is 0.262 e. The zero-order valence-corrected chi connectivity index (χ0v) is 14.6. The Bertz CT molecular complexity index is 892. The molecule has 2 aromatic carbocycles. The fraction of sp³-hybridized carbons (Fsp3) is 0.235. The lowest BCUT2D eigenvalue weighted by Gasteiger charge is -2.18. The van der Waals surface area contributed by atoms with Crippen LogP contribution < -0.4 is 19.5 Å². The van der Waals surface area contributed by atoms with Crippen LogP contribution in [-0.4, -0.2) is 27.0 Å². The van der Waals surface area contributed by atoms with Crippen molar-refractivity contribution in [3.63, 3.8) is 0 Å². The average Bonchev–Trinajstić information content (AvgIpc) is 2.55. The monoisotopic (exact) mass is 362 g/mol. The van der Waals surface area contributed by atoms with E-state index in [2.05, 4.69) is 10.0 Å². The zero-order chi connectivity index (χ0) is 18.0. The number of carbonyl (C=O) groups excluding carboxylic acids is 1. The van der Waals surface area contributed by atoms with E-state index in [0.29, 0.717) is 22.9 Å². The Kier molecular flexibility index (Phi) is 4.54. The van der Waals surface area contributed by atoms with Crippen LogP contribution in [0.15, 0.2) is 47.4 Å². The fourth-order valence-corrected chi connectivity index (χ4v) is 3.40. The molecule has 2 aromatic rings. The molecule has 0 aromatic heterocycles. The molecule has 0 unspecified atom stereocenters. The SMILES string of the molecule is CC(C)Oc1ccc(NS(=O)(=O)c2ccc3c(c2)NC(=O)CO3)cc1. The number of nitrogens with one attached hydrogen (secondary N) is 2. The summed E-state index contributed by atoms with van der Waals surface area (Å²) in [7, 11) is -3.80. The first-order valence-electron chi connectivity index (χ1n) is 7.70. The van der Waals surface area contributed by atoms with E-state index < -0.39 is 10.0 Å². The second kappa shape index (κ2) is 6.64. The summed E-state index contributed by atoms with van der Waals surface area (Å²) in [5.74, 6) is 0.774. The van der Waals surface area contributed by atoms with Gasteiger partial charge in [0.2, 0.25) is 0 Å². The molecule has 0 saturated heterocycles. The van der Waals surface area contributed by atoms with E-state index in [1.807, 2.05) is 13.8 Å². The average molecular weight is 362 g/mol. The number of fused-ring (bicyclic) bond motifs is 1. The summed E-state index contributed by atoms with van der Waals surface area (Å²) in [5, 5.41) is 2.59. The summed E-state index contributed by atoms with van der Waals surface area (Å²) < 4.78 is 38.3. The lowest BCUT2D eigenvalue weighted by Crippen LogP contribution is -2.25. The van der Waals surface area contributed by atoms with Gasteiger partial charge in [0.1, 0.15) is 11.5 Å². The fourth-order valence-electron chi connectivity index (χ4n) is 2.32. The van der Waals surface area contributed by atoms with Crippen molar-refractivity contribution in [3.05, 3.63) is 42.5 Å². The van der Waals surface area contributed by atoms with Gasteiger partial charge in [0.15, 0.2) is 6.61 Å². The molecular weight excluding hydrogens is 344 g/mol. The van der Waals surface area contributed by atoms with Gasteiger partial charge in [0, 0.05) is 5.69 Å². The maximum absolute atomic E-state index is 12.5. The topological polar surface area (TPSA) is 93.7 Å². The Morgan fingerprint density at radius 3 is 2.56 bits per heavy atom. The van der Waals surface area contributed by atoms with Crippen molar-refractivity contribution in [1.29, 1.82) is 0 Å². The number of anilines is 2. The molecule has 132 valence electrons. The number of hydrogen-bond acceptors (Lipinski definition) is 5. The molecule has 0 radical (unpaired) electrons. The van der Waals surface area contributed by atoms with Gasteiger partial charge in [-0.05, 0) is 56.3 Å². The second-order valence-corrected chi connectivity index (χ2v) is 7.47. The molecule has 8 heteroatoms. The van der Waals surface area contributed by atoms with E-state index in [0.717, 1.165) is 0 Å². The van der Waals surface area contributed by atoms with E-state index >= 15 is 0 Å². The van der Waals surface area contributed by atoms with Gasteiger partial charge in [-0.3, -0.25) is 9.52 Å². The van der Waals surface area contributed by atoms with Crippen molar-refractivity contribution in [1.82, 2.24) is 0 Å². The van der Waals surface area contributed by atoms with Crippen LogP contribution >= 0.6 is 0 Å². The highest BCUT2D eigenvalue weighted by molar-refractivity contribution is 7.92. The number of benzene rings is 2. The first-order valence-corrected chi connectivity index (χ1v) is 9.18. The second-order valence-electron chi connectivity index (χ2n) is 5.79. The third-order valence-electron chi connectivity index (χ3n) is 3.37. The van der Waals surface area contributed by atoms with Crippen LogP contribution in [0.1, 0.15) is 13.8 Å². The van der Waals surface area contributed by atoms with Crippen molar-refractivity contribution in [2.75, 3.05) is 16.6 Å². The number of hydrogen-bond donors (Lipinski definition) is 2. The molecule has 2 N–H and O–H groups in total. The number of ether oxygens (including phenoxy) is 2. The van der Waals surface area contributed by atoms with E-state index in [-0.39, 0.29) is 23.5 Å². The summed E-state index contributed by atoms with van der Waals surface area (Å²) in [6.45, 7) is 3.74. The van der Waals surface area contributed by atoms with E-state index in [9.17, 15) is 13.2 Å². The Balaban J connectivity index is 1.80. The van der Waals surface area contributed by atoms with Gasteiger partial charge in [-0.1, -0.05) is 0 Å². The molecule has 1 heterocycles. The highest BCUT2D eigenvalue weighted by Gasteiger charge is 2.21. The molecule has 0 saturated carbocycles. The quantitative estimate of drug-likeness (QED) is 0.853. The molecule has 3 rings (SSSR count). The van der Waals surface area contributed by atoms with Gasteiger partial charge in [-0.15, -0.1) is 0 Å². The summed E-state index contributed by atoms with van der Waals surface area (Å²) in [4.78, 5) is 11.4. The number of sulfonamides is 1. The van der Waals surface area contributed by atoms with Crippen LogP contribution in [0.25, 0.3) is 0 Å². The lowest BCUT2D eigenvalue weighted by atomic mass is 10.2. The third-order valence-corrected chi connectivity index (χ3v) is 4.75. The molecule has 0 fully saturated rings. The van der Waals surface area contributed by atoms with Gasteiger partial charge in [-0.25, -0.2) is 8.42 Å². The number of rotatable bonds is 5. The van der Waals surface area contributed by atoms with Crippen LogP contribution in [-0.2, 0) is 14.8 Å². The normalized spacial score (nSPS) is 13.6. The van der Waals surface area contributed by atoms with Crippen molar-refractivity contribution in [2.24, 2.45) is 0 Å². The lowest BCUT2D eigenvalue weighted by molar-refractivity contribution is -0.118. The van der Waals surface area contributed by atoms with Gasteiger partial charge in [0.25, 0.3) is 15.9 Å². The summed E-state index contributed by atoms with van der Waals surface area (Å²) in [6.07, 6.45) is 0.0375. The van der Waals surface area contributed by atoms with Crippen LogP contribution in [0.5, 0.6) is 11.5 Å². The first kappa shape index (κ1) is 17.1. The summed E-state index contributed by atoms with van der Waals surface area (Å²) >= 11 is 0. The van der Waals surface area contributed by atoms with Gasteiger partial charge >= 0.3 is 0 Å². The maximum Gasteiger partial charge on any atom is 0.262 e. The molecule has 1 aliphatic rings. The Hall–Kier alpha value is -2.74. The minimum atomic E-state index is -3.80. The Morgan fingerprint density at radius 2 is 1.88 bits per heavy atom. The molecule has 0 atom stereocenters. The standard InChI is InChI=1S/C17H18N2O5S/c1-11(2)24-13-5-3-12(4-6-13)19-25(21,22)14-7-8-16-15(9-14)18-17(20)10-23-16/h3-9,11,19H,10H2,1-2H3,(H,18,20). The first-order chi connectivity index (χ1) is 11.8. The highest BCUT2D eigenvalue weighted by Crippen LogP contribution is 2.30. The van der Waals surface area contributed by atoms with E-state index in [4.69, 9.17) is 9.47 Å². The molecule has 1 amide bonds. The van der Waals surface area contributed by atoms with Gasteiger partial charge in [-0.2, -0.15) is 0 Å². The highest BCUT2D eigenvalue weighted by atomic mass is 32.2. The molecule has 0 spiro atoms. The molecule has 7 nitrogen and oxygen atoms in total. The van der Waals surface area contributed by atoms with Crippen LogP contribution in [0.2, 0.25) is 0 Å². The third kappa shape index (κ3) is 4.03. The largest absolute Gasteiger partial charge is 0.491 e. The van der Waals surface area contributed by atoms with Crippen LogP contribution in [0.4, 0.5) is 11.4 Å². The van der Waals surface area contributed by atoms with Crippen molar-refractivity contribution in [2.45, 2.75) is 24.8 Å². The molecule has 1 aliphatic heterocycles. The maximum atomic E-state index is 12.5. The minimum Gasteiger partial charge on any atom is -0.491 e. The van der Waals surface area contributed by atoms with Crippen molar-refractivity contribution < 1.29 is 22.7 Å². The predicted molar refractivity (Wildman–Crippen MR) is 93.6 cm³/mol. The Morgan fingerprint density at radius 1 is 1.16 bits per heavy atom. The number of amides is 1. The van der Waals surface area contributed by atoms with Crippen molar-refractivity contribution in [3.8, 4) is 11.5 Å².